The molecule has 2 aliphatic heterocycles. The van der Waals surface area contributed by atoms with Crippen LogP contribution >= 0.6 is 24.0 Å². The number of carbonyl (C=O) groups excluding carboxylic acids is 1. The Hall–Kier alpha value is -1.04. The van der Waals surface area contributed by atoms with Crippen LogP contribution in [0.2, 0.25) is 5.02 Å². The van der Waals surface area contributed by atoms with Crippen LogP contribution in [0.5, 0.6) is 5.75 Å². The maximum absolute atomic E-state index is 13.1. The van der Waals surface area contributed by atoms with Gasteiger partial charge in [-0.3, -0.25) is 4.79 Å². The van der Waals surface area contributed by atoms with Crippen LogP contribution < -0.4 is 10.1 Å². The number of nitrogens with zero attached hydrogens (tertiary/aromatic N) is 1. The molecule has 1 aromatic rings. The van der Waals surface area contributed by atoms with Crippen LogP contribution in [0.25, 0.3) is 0 Å². The van der Waals surface area contributed by atoms with E-state index in [1.54, 1.807) is 6.92 Å². The van der Waals surface area contributed by atoms with Gasteiger partial charge in [0.1, 0.15) is 11.6 Å². The number of hydrogen-bond donors (Lipinski definition) is 1. The van der Waals surface area contributed by atoms with Gasteiger partial charge in [-0.15, -0.1) is 12.4 Å². The molecule has 0 saturated carbocycles. The first-order chi connectivity index (χ1) is 11.0. The summed E-state index contributed by atoms with van der Waals surface area (Å²) in [5.74, 6) is -0.124. The number of ether oxygens (including phenoxy) is 1. The summed E-state index contributed by atoms with van der Waals surface area (Å²) in [6.07, 6.45) is 2.64. The van der Waals surface area contributed by atoms with E-state index < -0.39 is 11.9 Å². The van der Waals surface area contributed by atoms with Gasteiger partial charge in [-0.25, -0.2) is 4.39 Å². The smallest absolute Gasteiger partial charge is 0.263 e. The van der Waals surface area contributed by atoms with Crippen LogP contribution in [0.15, 0.2) is 18.2 Å². The van der Waals surface area contributed by atoms with E-state index in [1.165, 1.54) is 24.6 Å². The van der Waals surface area contributed by atoms with Crippen molar-refractivity contribution >= 4 is 29.9 Å². The molecule has 7 heteroatoms. The molecule has 1 spiro atoms. The summed E-state index contributed by atoms with van der Waals surface area (Å²) in [6, 6.07) is 3.92. The van der Waals surface area contributed by atoms with Gasteiger partial charge in [-0.2, -0.15) is 0 Å². The first-order valence-electron chi connectivity index (χ1n) is 8.10. The first kappa shape index (κ1) is 19.3. The average molecular weight is 377 g/mol. The molecule has 1 N–H and O–H groups in total. The van der Waals surface area contributed by atoms with E-state index in [-0.39, 0.29) is 23.3 Å². The molecule has 134 valence electrons. The fourth-order valence-electron chi connectivity index (χ4n) is 3.49. The normalized spacial score (nSPS) is 20.5. The maximum atomic E-state index is 13.1. The molecule has 1 atom stereocenters. The maximum Gasteiger partial charge on any atom is 0.263 e. The third-order valence-corrected chi connectivity index (χ3v) is 5.31. The minimum Gasteiger partial charge on any atom is -0.479 e. The van der Waals surface area contributed by atoms with Crippen LogP contribution in [0.3, 0.4) is 0 Å². The highest BCUT2D eigenvalue weighted by Gasteiger charge is 2.38. The molecule has 0 aliphatic carbocycles. The second-order valence-electron chi connectivity index (χ2n) is 6.59. The first-order valence-corrected chi connectivity index (χ1v) is 8.48. The number of carbonyl (C=O) groups is 1. The minimum absolute atomic E-state index is 0. The SMILES string of the molecule is CC(Oc1ccc(F)cc1Cl)C(=O)N1CCC2(CCNC2)CC1.Cl. The lowest BCUT2D eigenvalue weighted by Gasteiger charge is -2.39. The zero-order valence-corrected chi connectivity index (χ0v) is 15.3. The molecular formula is C17H23Cl2FN2O2. The quantitative estimate of drug-likeness (QED) is 0.879. The van der Waals surface area contributed by atoms with Crippen molar-refractivity contribution in [2.45, 2.75) is 32.3 Å². The van der Waals surface area contributed by atoms with E-state index in [9.17, 15) is 9.18 Å². The van der Waals surface area contributed by atoms with E-state index in [4.69, 9.17) is 16.3 Å². The van der Waals surface area contributed by atoms with Gasteiger partial charge in [0.2, 0.25) is 0 Å². The molecule has 24 heavy (non-hydrogen) atoms. The summed E-state index contributed by atoms with van der Waals surface area (Å²) in [4.78, 5) is 14.4. The van der Waals surface area contributed by atoms with Crippen molar-refractivity contribution in [3.8, 4) is 5.75 Å². The van der Waals surface area contributed by atoms with Crippen LogP contribution in [0.1, 0.15) is 26.2 Å². The van der Waals surface area contributed by atoms with Gasteiger partial charge in [0, 0.05) is 19.6 Å². The molecule has 0 bridgehead atoms. The lowest BCUT2D eigenvalue weighted by Crippen LogP contribution is -2.48. The third-order valence-electron chi connectivity index (χ3n) is 5.01. The summed E-state index contributed by atoms with van der Waals surface area (Å²) < 4.78 is 18.7. The summed E-state index contributed by atoms with van der Waals surface area (Å²) >= 11 is 5.95. The second-order valence-corrected chi connectivity index (χ2v) is 6.99. The van der Waals surface area contributed by atoms with Crippen LogP contribution in [-0.2, 0) is 4.79 Å². The molecule has 2 fully saturated rings. The molecule has 3 rings (SSSR count). The summed E-state index contributed by atoms with van der Waals surface area (Å²) in [5, 5.41) is 3.60. The molecule has 2 saturated heterocycles. The van der Waals surface area contributed by atoms with Gasteiger partial charge >= 0.3 is 0 Å². The number of likely N-dealkylation sites (tertiary alicyclic amines) is 1. The van der Waals surface area contributed by atoms with Gasteiger partial charge in [0.05, 0.1) is 5.02 Å². The highest BCUT2D eigenvalue weighted by molar-refractivity contribution is 6.32. The summed E-state index contributed by atoms with van der Waals surface area (Å²) in [6.45, 7) is 5.39. The largest absolute Gasteiger partial charge is 0.479 e. The highest BCUT2D eigenvalue weighted by Crippen LogP contribution is 2.37. The van der Waals surface area contributed by atoms with Crippen molar-refractivity contribution in [3.05, 3.63) is 29.0 Å². The van der Waals surface area contributed by atoms with Crippen molar-refractivity contribution in [2.75, 3.05) is 26.2 Å². The fourth-order valence-corrected chi connectivity index (χ4v) is 3.70. The zero-order valence-electron chi connectivity index (χ0n) is 13.7. The lowest BCUT2D eigenvalue weighted by atomic mass is 9.78. The predicted octanol–water partition coefficient (Wildman–Crippen LogP) is 3.27. The third kappa shape index (κ3) is 4.13. The molecule has 2 heterocycles. The van der Waals surface area contributed by atoms with Gasteiger partial charge in [-0.05, 0) is 56.3 Å². The fraction of sp³-hybridized carbons (Fsp3) is 0.588. The molecular weight excluding hydrogens is 354 g/mol. The standard InChI is InChI=1S/C17H22ClFN2O2.ClH/c1-12(23-15-3-2-13(19)10-14(15)18)16(22)21-8-5-17(6-9-21)4-7-20-11-17;/h2-3,10,12,20H,4-9,11H2,1H3;1H. The molecule has 4 nitrogen and oxygen atoms in total. The molecule has 1 amide bonds. The molecule has 2 aliphatic rings. The Morgan fingerprint density at radius 3 is 2.67 bits per heavy atom. The number of nitrogens with one attached hydrogen (secondary N) is 1. The van der Waals surface area contributed by atoms with Crippen molar-refractivity contribution in [1.29, 1.82) is 0 Å². The Morgan fingerprint density at radius 1 is 1.38 bits per heavy atom. The molecule has 0 radical (unpaired) electrons. The van der Waals surface area contributed by atoms with E-state index in [0.717, 1.165) is 39.0 Å². The number of amides is 1. The van der Waals surface area contributed by atoms with Gasteiger partial charge in [-0.1, -0.05) is 11.6 Å². The van der Waals surface area contributed by atoms with Crippen molar-refractivity contribution in [1.82, 2.24) is 10.2 Å². The highest BCUT2D eigenvalue weighted by atomic mass is 35.5. The van der Waals surface area contributed by atoms with Gasteiger partial charge in [0.25, 0.3) is 5.91 Å². The Kier molecular flexibility index (Phi) is 6.34. The number of rotatable bonds is 3. The molecule has 1 unspecified atom stereocenters. The van der Waals surface area contributed by atoms with Gasteiger partial charge in [0.15, 0.2) is 6.10 Å². The average Bonchev–Trinajstić information content (AvgIpc) is 2.98. The van der Waals surface area contributed by atoms with Crippen molar-refractivity contribution in [3.63, 3.8) is 0 Å². The van der Waals surface area contributed by atoms with E-state index in [0.29, 0.717) is 11.2 Å². The molecule has 0 aromatic heterocycles. The van der Waals surface area contributed by atoms with Gasteiger partial charge < -0.3 is 15.0 Å². The van der Waals surface area contributed by atoms with E-state index in [1.807, 2.05) is 4.90 Å². The number of piperidine rings is 1. The van der Waals surface area contributed by atoms with Crippen LogP contribution in [0.4, 0.5) is 4.39 Å². The zero-order chi connectivity index (χ0) is 16.4. The Bertz CT molecular complexity index is 584. The van der Waals surface area contributed by atoms with E-state index >= 15 is 0 Å². The number of benzene rings is 1. The monoisotopic (exact) mass is 376 g/mol. The Morgan fingerprint density at radius 2 is 2.08 bits per heavy atom. The van der Waals surface area contributed by atoms with Crippen LogP contribution in [-0.4, -0.2) is 43.1 Å². The van der Waals surface area contributed by atoms with Crippen LogP contribution in [0, 0.1) is 11.2 Å². The number of hydrogen-bond acceptors (Lipinski definition) is 3. The van der Waals surface area contributed by atoms with Crippen molar-refractivity contribution < 1.29 is 13.9 Å². The van der Waals surface area contributed by atoms with E-state index in [2.05, 4.69) is 5.32 Å². The Labute approximate surface area is 153 Å². The number of halogens is 3. The summed E-state index contributed by atoms with van der Waals surface area (Å²) in [5.41, 5.74) is 0.376. The topological polar surface area (TPSA) is 41.6 Å². The predicted molar refractivity (Wildman–Crippen MR) is 94.5 cm³/mol. The summed E-state index contributed by atoms with van der Waals surface area (Å²) in [7, 11) is 0. The molecule has 1 aromatic carbocycles. The Balaban J connectivity index is 0.00000208. The van der Waals surface area contributed by atoms with Crippen molar-refractivity contribution in [2.24, 2.45) is 5.41 Å². The minimum atomic E-state index is -0.631. The lowest BCUT2D eigenvalue weighted by molar-refractivity contribution is -0.140. The second kappa shape index (κ2) is 7.89.